The Bertz CT molecular complexity index is 514. The number of furan rings is 1. The number of hydrogen-bond acceptors (Lipinski definition) is 2. The van der Waals surface area contributed by atoms with Crippen LogP contribution in [-0.2, 0) is 6.54 Å². The molecule has 0 amide bonds. The van der Waals surface area contributed by atoms with Gasteiger partial charge in [-0.2, -0.15) is 0 Å². The lowest BCUT2D eigenvalue weighted by atomic mass is 9.99. The van der Waals surface area contributed by atoms with E-state index in [0.717, 1.165) is 25.3 Å². The van der Waals surface area contributed by atoms with E-state index in [0.29, 0.717) is 0 Å². The predicted octanol–water partition coefficient (Wildman–Crippen LogP) is 4.06. The molecule has 0 saturated carbocycles. The lowest BCUT2D eigenvalue weighted by molar-refractivity contribution is 0.484. The van der Waals surface area contributed by atoms with E-state index in [1.165, 1.54) is 22.3 Å². The van der Waals surface area contributed by atoms with Gasteiger partial charge in [-0.25, -0.2) is 0 Å². The van der Waals surface area contributed by atoms with E-state index in [9.17, 15) is 0 Å². The third kappa shape index (κ3) is 2.82. The Kier molecular flexibility index (Phi) is 4.21. The van der Waals surface area contributed by atoms with Gasteiger partial charge in [-0.3, -0.25) is 0 Å². The van der Waals surface area contributed by atoms with E-state index in [-0.39, 0.29) is 0 Å². The lowest BCUT2D eigenvalue weighted by Gasteiger charge is -2.08. The van der Waals surface area contributed by atoms with E-state index in [1.54, 1.807) is 6.26 Å². The molecule has 1 aromatic carbocycles. The van der Waals surface area contributed by atoms with Crippen molar-refractivity contribution in [2.75, 3.05) is 6.54 Å². The van der Waals surface area contributed by atoms with Gasteiger partial charge in [0.15, 0.2) is 0 Å². The van der Waals surface area contributed by atoms with Gasteiger partial charge in [0, 0.05) is 5.56 Å². The van der Waals surface area contributed by atoms with E-state index >= 15 is 0 Å². The minimum Gasteiger partial charge on any atom is -0.467 e. The Morgan fingerprint density at radius 3 is 2.72 bits per heavy atom. The first-order chi connectivity index (χ1) is 8.72. The summed E-state index contributed by atoms with van der Waals surface area (Å²) in [5, 5.41) is 3.39. The molecule has 96 valence electrons. The fourth-order valence-electron chi connectivity index (χ4n) is 2.12. The largest absolute Gasteiger partial charge is 0.467 e. The molecule has 0 atom stereocenters. The second-order valence-electron chi connectivity index (χ2n) is 4.75. The highest BCUT2D eigenvalue weighted by Crippen LogP contribution is 2.28. The molecule has 0 saturated heterocycles. The molecule has 1 heterocycles. The third-order valence-electron chi connectivity index (χ3n) is 3.14. The van der Waals surface area contributed by atoms with Crippen LogP contribution in [0.1, 0.15) is 30.2 Å². The maximum atomic E-state index is 5.60. The van der Waals surface area contributed by atoms with Crippen molar-refractivity contribution in [3.05, 3.63) is 47.4 Å². The fraction of sp³-hybridized carbons (Fsp3) is 0.375. The average Bonchev–Trinajstić information content (AvgIpc) is 2.81. The van der Waals surface area contributed by atoms with Crippen molar-refractivity contribution < 1.29 is 4.42 Å². The van der Waals surface area contributed by atoms with Gasteiger partial charge in [0.2, 0.25) is 0 Å². The van der Waals surface area contributed by atoms with Crippen molar-refractivity contribution in [2.24, 2.45) is 0 Å². The van der Waals surface area contributed by atoms with Gasteiger partial charge >= 0.3 is 0 Å². The minimum atomic E-state index is 0.795. The minimum absolute atomic E-state index is 0.795. The van der Waals surface area contributed by atoms with Crippen LogP contribution in [-0.4, -0.2) is 6.54 Å². The lowest BCUT2D eigenvalue weighted by Crippen LogP contribution is -2.13. The number of rotatable bonds is 5. The smallest absolute Gasteiger partial charge is 0.125 e. The Morgan fingerprint density at radius 2 is 1.94 bits per heavy atom. The van der Waals surface area contributed by atoms with Crippen LogP contribution < -0.4 is 5.32 Å². The first-order valence-corrected chi connectivity index (χ1v) is 6.57. The summed E-state index contributed by atoms with van der Waals surface area (Å²) in [6.45, 7) is 8.25. The summed E-state index contributed by atoms with van der Waals surface area (Å²) in [6.07, 6.45) is 2.92. The quantitative estimate of drug-likeness (QED) is 0.801. The monoisotopic (exact) mass is 243 g/mol. The van der Waals surface area contributed by atoms with Crippen molar-refractivity contribution in [3.63, 3.8) is 0 Å². The SMILES string of the molecule is CCCNCc1occc1-c1cc(C)ccc1C. The molecule has 0 aliphatic rings. The Balaban J connectivity index is 2.27. The van der Waals surface area contributed by atoms with Crippen LogP contribution in [0.4, 0.5) is 0 Å². The Labute approximate surface area is 109 Å². The Hall–Kier alpha value is -1.54. The van der Waals surface area contributed by atoms with Crippen LogP contribution in [0.15, 0.2) is 34.9 Å². The molecule has 0 spiro atoms. The van der Waals surface area contributed by atoms with Crippen molar-refractivity contribution in [1.29, 1.82) is 0 Å². The van der Waals surface area contributed by atoms with Crippen molar-refractivity contribution in [2.45, 2.75) is 33.7 Å². The van der Waals surface area contributed by atoms with Crippen LogP contribution in [0.5, 0.6) is 0 Å². The van der Waals surface area contributed by atoms with E-state index in [4.69, 9.17) is 4.42 Å². The highest BCUT2D eigenvalue weighted by atomic mass is 16.3. The normalized spacial score (nSPS) is 10.8. The fourth-order valence-corrected chi connectivity index (χ4v) is 2.12. The summed E-state index contributed by atoms with van der Waals surface area (Å²) >= 11 is 0. The van der Waals surface area contributed by atoms with Crippen LogP contribution in [0.2, 0.25) is 0 Å². The molecule has 0 aliphatic heterocycles. The standard InChI is InChI=1S/C16H21NO/c1-4-8-17-11-16-14(7-9-18-16)15-10-12(2)5-6-13(15)3/h5-7,9-10,17H,4,8,11H2,1-3H3. The zero-order valence-corrected chi connectivity index (χ0v) is 11.4. The van der Waals surface area contributed by atoms with Crippen LogP contribution >= 0.6 is 0 Å². The molecule has 0 radical (unpaired) electrons. The van der Waals surface area contributed by atoms with Crippen molar-refractivity contribution in [1.82, 2.24) is 5.32 Å². The molecule has 1 N–H and O–H groups in total. The molecule has 1 aromatic heterocycles. The second-order valence-corrected chi connectivity index (χ2v) is 4.75. The maximum Gasteiger partial charge on any atom is 0.125 e. The predicted molar refractivity (Wildman–Crippen MR) is 75.6 cm³/mol. The highest BCUT2D eigenvalue weighted by Gasteiger charge is 2.10. The van der Waals surface area contributed by atoms with E-state index in [1.807, 2.05) is 0 Å². The van der Waals surface area contributed by atoms with Gasteiger partial charge in [0.25, 0.3) is 0 Å². The number of aryl methyl sites for hydroxylation is 2. The van der Waals surface area contributed by atoms with E-state index < -0.39 is 0 Å². The first kappa shape index (κ1) is 12.9. The van der Waals surface area contributed by atoms with Gasteiger partial charge in [-0.05, 0) is 44.0 Å². The average molecular weight is 243 g/mol. The summed E-state index contributed by atoms with van der Waals surface area (Å²) in [5.41, 5.74) is 5.06. The zero-order chi connectivity index (χ0) is 13.0. The molecule has 2 rings (SSSR count). The molecule has 2 aromatic rings. The molecule has 0 aliphatic carbocycles. The summed E-state index contributed by atoms with van der Waals surface area (Å²) in [7, 11) is 0. The summed E-state index contributed by atoms with van der Waals surface area (Å²) in [6, 6.07) is 8.60. The maximum absolute atomic E-state index is 5.60. The van der Waals surface area contributed by atoms with Crippen molar-refractivity contribution >= 4 is 0 Å². The second kappa shape index (κ2) is 5.87. The van der Waals surface area contributed by atoms with Crippen LogP contribution in [0.25, 0.3) is 11.1 Å². The molecular weight excluding hydrogens is 222 g/mol. The molecule has 2 nitrogen and oxygen atoms in total. The summed E-state index contributed by atoms with van der Waals surface area (Å²) in [5.74, 6) is 1.03. The van der Waals surface area contributed by atoms with E-state index in [2.05, 4.69) is 50.4 Å². The molecule has 18 heavy (non-hydrogen) atoms. The van der Waals surface area contributed by atoms with Crippen LogP contribution in [0.3, 0.4) is 0 Å². The Morgan fingerprint density at radius 1 is 1.11 bits per heavy atom. The highest BCUT2D eigenvalue weighted by molar-refractivity contribution is 5.69. The molecule has 2 heteroatoms. The van der Waals surface area contributed by atoms with Gasteiger partial charge in [0.1, 0.15) is 5.76 Å². The molecule has 0 bridgehead atoms. The zero-order valence-electron chi connectivity index (χ0n) is 11.4. The molecule has 0 fully saturated rings. The number of nitrogens with one attached hydrogen (secondary N) is 1. The third-order valence-corrected chi connectivity index (χ3v) is 3.14. The van der Waals surface area contributed by atoms with Gasteiger partial charge in [0.05, 0.1) is 12.8 Å². The topological polar surface area (TPSA) is 25.2 Å². The van der Waals surface area contributed by atoms with Gasteiger partial charge < -0.3 is 9.73 Å². The van der Waals surface area contributed by atoms with Crippen LogP contribution in [0, 0.1) is 13.8 Å². The first-order valence-electron chi connectivity index (χ1n) is 6.57. The van der Waals surface area contributed by atoms with Gasteiger partial charge in [-0.15, -0.1) is 0 Å². The summed E-state index contributed by atoms with van der Waals surface area (Å²) < 4.78 is 5.60. The number of hydrogen-bond donors (Lipinski definition) is 1. The summed E-state index contributed by atoms with van der Waals surface area (Å²) in [4.78, 5) is 0. The van der Waals surface area contributed by atoms with Gasteiger partial charge in [-0.1, -0.05) is 30.7 Å². The van der Waals surface area contributed by atoms with Crippen molar-refractivity contribution in [3.8, 4) is 11.1 Å². The number of benzene rings is 1. The molecular formula is C16H21NO. The molecule has 0 unspecified atom stereocenters.